The molecule has 4 heteroatoms. The van der Waals surface area contributed by atoms with E-state index in [0.29, 0.717) is 12.1 Å². The Labute approximate surface area is 126 Å². The third kappa shape index (κ3) is 2.39. The lowest BCUT2D eigenvalue weighted by molar-refractivity contribution is -0.170. The van der Waals surface area contributed by atoms with Gasteiger partial charge in [-0.05, 0) is 32.3 Å². The van der Waals surface area contributed by atoms with Crippen LogP contribution in [-0.4, -0.2) is 41.6 Å². The van der Waals surface area contributed by atoms with E-state index < -0.39 is 0 Å². The van der Waals surface area contributed by atoms with E-state index in [0.717, 1.165) is 18.6 Å². The lowest BCUT2D eigenvalue weighted by Gasteiger charge is -2.60. The normalized spacial score (nSPS) is 27.3. The second-order valence-electron chi connectivity index (χ2n) is 6.51. The van der Waals surface area contributed by atoms with Crippen LogP contribution in [-0.2, 0) is 4.74 Å². The molecule has 0 aromatic carbocycles. The zero-order chi connectivity index (χ0) is 14.9. The summed E-state index contributed by atoms with van der Waals surface area (Å²) >= 11 is 0. The summed E-state index contributed by atoms with van der Waals surface area (Å²) in [5.74, 6) is 0.126. The van der Waals surface area contributed by atoms with Crippen LogP contribution in [0, 0.1) is 5.41 Å². The van der Waals surface area contributed by atoms with E-state index in [-0.39, 0.29) is 11.3 Å². The molecule has 1 N–H and O–H groups in total. The highest BCUT2D eigenvalue weighted by molar-refractivity contribution is 5.94. The lowest BCUT2D eigenvalue weighted by atomic mass is 9.54. The van der Waals surface area contributed by atoms with Crippen molar-refractivity contribution in [3.05, 3.63) is 24.0 Å². The van der Waals surface area contributed by atoms with E-state index in [1.165, 1.54) is 32.1 Å². The Morgan fingerprint density at radius 1 is 1.43 bits per heavy atom. The van der Waals surface area contributed by atoms with Crippen LogP contribution in [0.15, 0.2) is 18.5 Å². The van der Waals surface area contributed by atoms with Crippen LogP contribution in [0.5, 0.6) is 0 Å². The highest BCUT2D eigenvalue weighted by Crippen LogP contribution is 2.55. The first kappa shape index (κ1) is 14.6. The minimum atomic E-state index is 0.126. The largest absolute Gasteiger partial charge is 0.378 e. The first-order valence-electron chi connectivity index (χ1n) is 8.20. The maximum atomic E-state index is 12.6. The molecular formula is C17H26N2O2. The SMILES string of the molecule is CCO[C@H]1C[C@@H](N(C)C(=O)c2cc[nH]c2)C12CCCCC2. The van der Waals surface area contributed by atoms with Crippen molar-refractivity contribution >= 4 is 5.91 Å². The minimum Gasteiger partial charge on any atom is -0.378 e. The maximum Gasteiger partial charge on any atom is 0.255 e. The molecule has 0 radical (unpaired) electrons. The van der Waals surface area contributed by atoms with E-state index in [1.54, 1.807) is 12.4 Å². The van der Waals surface area contributed by atoms with Crippen molar-refractivity contribution < 1.29 is 9.53 Å². The predicted octanol–water partition coefficient (Wildman–Crippen LogP) is 3.21. The predicted molar refractivity (Wildman–Crippen MR) is 82.2 cm³/mol. The standard InChI is InChI=1S/C17H26N2O2/c1-3-21-15-11-14(17(15)8-5-4-6-9-17)19(2)16(20)13-7-10-18-12-13/h7,10,12,14-15,18H,3-6,8-9,11H2,1-2H3/t14-,15+/m1/s1. The van der Waals surface area contributed by atoms with Gasteiger partial charge < -0.3 is 14.6 Å². The summed E-state index contributed by atoms with van der Waals surface area (Å²) in [6, 6.07) is 2.18. The Hall–Kier alpha value is -1.29. The zero-order valence-electron chi connectivity index (χ0n) is 13.1. The van der Waals surface area contributed by atoms with Crippen LogP contribution in [0.1, 0.15) is 55.8 Å². The van der Waals surface area contributed by atoms with Crippen LogP contribution in [0.4, 0.5) is 0 Å². The van der Waals surface area contributed by atoms with Crippen molar-refractivity contribution in [3.8, 4) is 0 Å². The van der Waals surface area contributed by atoms with E-state index in [2.05, 4.69) is 11.9 Å². The Bertz CT molecular complexity index is 477. The van der Waals surface area contributed by atoms with Crippen molar-refractivity contribution in [2.24, 2.45) is 5.41 Å². The minimum absolute atomic E-state index is 0.126. The van der Waals surface area contributed by atoms with Gasteiger partial charge in [0.25, 0.3) is 5.91 Å². The number of hydrogen-bond acceptors (Lipinski definition) is 2. The summed E-state index contributed by atoms with van der Waals surface area (Å²) in [4.78, 5) is 17.5. The zero-order valence-corrected chi connectivity index (χ0v) is 13.1. The van der Waals surface area contributed by atoms with Crippen LogP contribution >= 0.6 is 0 Å². The topological polar surface area (TPSA) is 45.3 Å². The van der Waals surface area contributed by atoms with Crippen LogP contribution in [0.25, 0.3) is 0 Å². The fourth-order valence-electron chi connectivity index (χ4n) is 4.37. The summed E-state index contributed by atoms with van der Waals surface area (Å²) in [5.41, 5.74) is 0.956. The maximum absolute atomic E-state index is 12.6. The molecule has 3 rings (SSSR count). The molecule has 1 aromatic rings. The van der Waals surface area contributed by atoms with Crippen molar-refractivity contribution in [2.45, 2.75) is 57.6 Å². The molecule has 2 saturated carbocycles. The van der Waals surface area contributed by atoms with Gasteiger partial charge in [0.15, 0.2) is 0 Å². The molecule has 1 heterocycles. The van der Waals surface area contributed by atoms with E-state index >= 15 is 0 Å². The summed E-state index contributed by atoms with van der Waals surface area (Å²) in [7, 11) is 1.96. The van der Waals surface area contributed by atoms with Gasteiger partial charge in [0.05, 0.1) is 11.7 Å². The van der Waals surface area contributed by atoms with E-state index in [4.69, 9.17) is 4.74 Å². The van der Waals surface area contributed by atoms with E-state index in [1.807, 2.05) is 18.0 Å². The Morgan fingerprint density at radius 2 is 2.19 bits per heavy atom. The molecule has 2 aliphatic rings. The number of ether oxygens (including phenoxy) is 1. The third-order valence-corrected chi connectivity index (χ3v) is 5.53. The molecule has 21 heavy (non-hydrogen) atoms. The van der Waals surface area contributed by atoms with Crippen molar-refractivity contribution in [1.29, 1.82) is 0 Å². The molecule has 0 aliphatic heterocycles. The highest BCUT2D eigenvalue weighted by Gasteiger charge is 2.57. The number of amides is 1. The number of aromatic nitrogens is 1. The molecule has 116 valence electrons. The number of carbonyl (C=O) groups is 1. The summed E-state index contributed by atoms with van der Waals surface area (Å²) < 4.78 is 5.98. The molecule has 0 saturated heterocycles. The van der Waals surface area contributed by atoms with Crippen LogP contribution < -0.4 is 0 Å². The molecule has 2 aliphatic carbocycles. The summed E-state index contributed by atoms with van der Waals surface area (Å²) in [5, 5.41) is 0. The first-order chi connectivity index (χ1) is 10.2. The number of hydrogen-bond donors (Lipinski definition) is 1. The van der Waals surface area contributed by atoms with Gasteiger partial charge >= 0.3 is 0 Å². The third-order valence-electron chi connectivity index (χ3n) is 5.53. The second kappa shape index (κ2) is 5.84. The second-order valence-corrected chi connectivity index (χ2v) is 6.51. The van der Waals surface area contributed by atoms with Crippen molar-refractivity contribution in [2.75, 3.05) is 13.7 Å². The molecule has 1 amide bonds. The lowest BCUT2D eigenvalue weighted by Crippen LogP contribution is -2.65. The van der Waals surface area contributed by atoms with Gasteiger partial charge in [0, 0.05) is 37.5 Å². The molecular weight excluding hydrogens is 264 g/mol. The summed E-state index contributed by atoms with van der Waals surface area (Å²) in [6.45, 7) is 2.84. The number of H-pyrrole nitrogens is 1. The fourth-order valence-corrected chi connectivity index (χ4v) is 4.37. The molecule has 1 spiro atoms. The van der Waals surface area contributed by atoms with Gasteiger partial charge in [-0.15, -0.1) is 0 Å². The Morgan fingerprint density at radius 3 is 2.81 bits per heavy atom. The number of nitrogens with one attached hydrogen (secondary N) is 1. The molecule has 0 unspecified atom stereocenters. The number of nitrogens with zero attached hydrogens (tertiary/aromatic N) is 1. The monoisotopic (exact) mass is 290 g/mol. The van der Waals surface area contributed by atoms with Gasteiger partial charge in [-0.3, -0.25) is 4.79 Å². The van der Waals surface area contributed by atoms with Gasteiger partial charge in [-0.2, -0.15) is 0 Å². The molecule has 0 bridgehead atoms. The molecule has 2 fully saturated rings. The van der Waals surface area contributed by atoms with Gasteiger partial charge in [0.1, 0.15) is 0 Å². The Balaban J connectivity index is 1.76. The van der Waals surface area contributed by atoms with Crippen molar-refractivity contribution in [1.82, 2.24) is 9.88 Å². The van der Waals surface area contributed by atoms with E-state index in [9.17, 15) is 4.79 Å². The number of aromatic amines is 1. The van der Waals surface area contributed by atoms with Gasteiger partial charge in [-0.25, -0.2) is 0 Å². The quantitative estimate of drug-likeness (QED) is 0.925. The fraction of sp³-hybridized carbons (Fsp3) is 0.706. The van der Waals surface area contributed by atoms with Crippen molar-refractivity contribution in [3.63, 3.8) is 0 Å². The first-order valence-corrected chi connectivity index (χ1v) is 8.20. The average Bonchev–Trinajstić information content (AvgIpc) is 3.05. The smallest absolute Gasteiger partial charge is 0.255 e. The van der Waals surface area contributed by atoms with Crippen LogP contribution in [0.3, 0.4) is 0 Å². The number of rotatable bonds is 4. The molecule has 2 atom stereocenters. The average molecular weight is 290 g/mol. The van der Waals surface area contributed by atoms with Gasteiger partial charge in [0.2, 0.25) is 0 Å². The number of carbonyl (C=O) groups excluding carboxylic acids is 1. The van der Waals surface area contributed by atoms with Crippen LogP contribution in [0.2, 0.25) is 0 Å². The van der Waals surface area contributed by atoms with Gasteiger partial charge in [-0.1, -0.05) is 19.3 Å². The Kier molecular flexibility index (Phi) is 4.07. The highest BCUT2D eigenvalue weighted by atomic mass is 16.5. The molecule has 4 nitrogen and oxygen atoms in total. The summed E-state index contributed by atoms with van der Waals surface area (Å²) in [6.07, 6.45) is 11.2. The molecule has 1 aromatic heterocycles.